The highest BCUT2D eigenvalue weighted by atomic mass is 16.4. The summed E-state index contributed by atoms with van der Waals surface area (Å²) in [5, 5.41) is 17.1. The summed E-state index contributed by atoms with van der Waals surface area (Å²) in [6, 6.07) is 2.72. The molecule has 0 amide bonds. The lowest BCUT2D eigenvalue weighted by atomic mass is 10.1. The molecule has 0 radical (unpaired) electrons. The fourth-order valence-corrected chi connectivity index (χ4v) is 3.56. The standard InChI is InChI=1S/C17H22N6O/c1-22(10-16-20-21-17(24-16)11-5-6-11)13-8-23(9-13)15-7-12-3-2-4-14(12)18-19-15/h7,11,13H,2-6,8-10H2,1H3. The van der Waals surface area contributed by atoms with Gasteiger partial charge in [0.25, 0.3) is 0 Å². The molecule has 2 fully saturated rings. The molecule has 3 heterocycles. The maximum absolute atomic E-state index is 5.76. The number of aromatic nitrogens is 4. The Kier molecular flexibility index (Phi) is 3.29. The molecule has 126 valence electrons. The smallest absolute Gasteiger partial charge is 0.230 e. The van der Waals surface area contributed by atoms with Crippen LogP contribution in [0.2, 0.25) is 0 Å². The van der Waals surface area contributed by atoms with E-state index in [2.05, 4.69) is 43.3 Å². The maximum atomic E-state index is 5.76. The normalized spacial score (nSPS) is 20.5. The van der Waals surface area contributed by atoms with Crippen molar-refractivity contribution in [2.24, 2.45) is 0 Å². The molecule has 24 heavy (non-hydrogen) atoms. The van der Waals surface area contributed by atoms with E-state index in [1.807, 2.05) is 0 Å². The monoisotopic (exact) mass is 326 g/mol. The summed E-state index contributed by atoms with van der Waals surface area (Å²) < 4.78 is 5.76. The first-order valence-electron chi connectivity index (χ1n) is 8.89. The summed E-state index contributed by atoms with van der Waals surface area (Å²) in [5.74, 6) is 3.10. The van der Waals surface area contributed by atoms with Crippen molar-refractivity contribution in [1.29, 1.82) is 0 Å². The molecule has 2 aliphatic carbocycles. The number of likely N-dealkylation sites (N-methyl/N-ethyl adjacent to an activating group) is 1. The van der Waals surface area contributed by atoms with Crippen molar-refractivity contribution < 1.29 is 4.42 Å². The van der Waals surface area contributed by atoms with Crippen LogP contribution in [-0.2, 0) is 19.4 Å². The minimum Gasteiger partial charge on any atom is -0.424 e. The van der Waals surface area contributed by atoms with Crippen LogP contribution in [0.4, 0.5) is 5.82 Å². The third-order valence-electron chi connectivity index (χ3n) is 5.41. The maximum Gasteiger partial charge on any atom is 0.230 e. The Morgan fingerprint density at radius 3 is 2.88 bits per heavy atom. The Morgan fingerprint density at radius 2 is 2.04 bits per heavy atom. The van der Waals surface area contributed by atoms with Gasteiger partial charge in [-0.25, -0.2) is 0 Å². The topological polar surface area (TPSA) is 71.2 Å². The van der Waals surface area contributed by atoms with Crippen molar-refractivity contribution in [2.45, 2.75) is 50.6 Å². The van der Waals surface area contributed by atoms with Gasteiger partial charge in [0.15, 0.2) is 5.82 Å². The van der Waals surface area contributed by atoms with Gasteiger partial charge in [-0.1, -0.05) is 0 Å². The lowest BCUT2D eigenvalue weighted by Gasteiger charge is -2.44. The van der Waals surface area contributed by atoms with Gasteiger partial charge in [0.05, 0.1) is 12.2 Å². The zero-order valence-electron chi connectivity index (χ0n) is 14.0. The molecule has 7 heteroatoms. The predicted molar refractivity (Wildman–Crippen MR) is 87.8 cm³/mol. The average Bonchev–Trinajstić information content (AvgIpc) is 3.09. The van der Waals surface area contributed by atoms with E-state index in [-0.39, 0.29) is 0 Å². The third kappa shape index (κ3) is 2.56. The van der Waals surface area contributed by atoms with E-state index in [0.717, 1.165) is 43.5 Å². The summed E-state index contributed by atoms with van der Waals surface area (Å²) in [6.45, 7) is 2.68. The number of fused-ring (bicyclic) bond motifs is 1. The minimum absolute atomic E-state index is 0.497. The number of rotatable bonds is 5. The highest BCUT2D eigenvalue weighted by molar-refractivity contribution is 5.45. The van der Waals surface area contributed by atoms with Gasteiger partial charge in [-0.3, -0.25) is 4.90 Å². The van der Waals surface area contributed by atoms with Gasteiger partial charge in [-0.2, -0.15) is 5.10 Å². The van der Waals surface area contributed by atoms with Crippen LogP contribution < -0.4 is 4.90 Å². The van der Waals surface area contributed by atoms with Crippen molar-refractivity contribution in [3.63, 3.8) is 0 Å². The second kappa shape index (κ2) is 5.51. The molecule has 0 atom stereocenters. The van der Waals surface area contributed by atoms with Gasteiger partial charge in [0.2, 0.25) is 11.8 Å². The van der Waals surface area contributed by atoms with Crippen LogP contribution in [0, 0.1) is 0 Å². The summed E-state index contributed by atoms with van der Waals surface area (Å²) in [5.41, 5.74) is 2.58. The van der Waals surface area contributed by atoms with Crippen molar-refractivity contribution in [3.05, 3.63) is 29.1 Å². The van der Waals surface area contributed by atoms with Crippen LogP contribution in [-0.4, -0.2) is 51.5 Å². The number of anilines is 1. The van der Waals surface area contributed by atoms with Crippen molar-refractivity contribution >= 4 is 5.82 Å². The van der Waals surface area contributed by atoms with E-state index < -0.39 is 0 Å². The predicted octanol–water partition coefficient (Wildman–Crippen LogP) is 1.55. The van der Waals surface area contributed by atoms with Crippen molar-refractivity contribution in [3.8, 4) is 0 Å². The molecule has 1 aliphatic heterocycles. The van der Waals surface area contributed by atoms with Crippen LogP contribution in [0.5, 0.6) is 0 Å². The highest BCUT2D eigenvalue weighted by Gasteiger charge is 2.33. The lowest BCUT2D eigenvalue weighted by Crippen LogP contribution is -2.58. The molecule has 0 aromatic carbocycles. The van der Waals surface area contributed by atoms with Crippen molar-refractivity contribution in [1.82, 2.24) is 25.3 Å². The van der Waals surface area contributed by atoms with Crippen LogP contribution >= 0.6 is 0 Å². The molecule has 3 aliphatic rings. The van der Waals surface area contributed by atoms with Crippen LogP contribution in [0.15, 0.2) is 10.5 Å². The second-order valence-electron chi connectivity index (χ2n) is 7.31. The third-order valence-corrected chi connectivity index (χ3v) is 5.41. The first kappa shape index (κ1) is 14.3. The minimum atomic E-state index is 0.497. The first-order valence-corrected chi connectivity index (χ1v) is 8.89. The molecule has 1 saturated carbocycles. The first-order chi connectivity index (χ1) is 11.8. The number of aryl methyl sites for hydroxylation is 2. The molecule has 0 N–H and O–H groups in total. The summed E-state index contributed by atoms with van der Waals surface area (Å²) in [6.07, 6.45) is 5.83. The van der Waals surface area contributed by atoms with Crippen molar-refractivity contribution in [2.75, 3.05) is 25.0 Å². The quantitative estimate of drug-likeness (QED) is 0.825. The van der Waals surface area contributed by atoms with E-state index in [0.29, 0.717) is 18.5 Å². The fourth-order valence-electron chi connectivity index (χ4n) is 3.56. The van der Waals surface area contributed by atoms with Gasteiger partial charge in [0, 0.05) is 25.0 Å². The van der Waals surface area contributed by atoms with E-state index in [1.165, 1.54) is 30.5 Å². The molecular formula is C17H22N6O. The number of hydrogen-bond acceptors (Lipinski definition) is 7. The summed E-state index contributed by atoms with van der Waals surface area (Å²) >= 11 is 0. The largest absolute Gasteiger partial charge is 0.424 e. The van der Waals surface area contributed by atoms with Gasteiger partial charge >= 0.3 is 0 Å². The molecule has 7 nitrogen and oxygen atoms in total. The molecule has 2 aromatic rings. The average molecular weight is 326 g/mol. The zero-order valence-corrected chi connectivity index (χ0v) is 14.0. The van der Waals surface area contributed by atoms with Crippen LogP contribution in [0.25, 0.3) is 0 Å². The lowest BCUT2D eigenvalue weighted by molar-refractivity contribution is 0.179. The molecule has 0 bridgehead atoms. The van der Waals surface area contributed by atoms with Gasteiger partial charge < -0.3 is 9.32 Å². The second-order valence-corrected chi connectivity index (χ2v) is 7.31. The number of hydrogen-bond donors (Lipinski definition) is 0. The fraction of sp³-hybridized carbons (Fsp3) is 0.647. The van der Waals surface area contributed by atoms with Crippen LogP contribution in [0.1, 0.15) is 48.2 Å². The van der Waals surface area contributed by atoms with Crippen LogP contribution in [0.3, 0.4) is 0 Å². The Labute approximate surface area is 141 Å². The molecular weight excluding hydrogens is 304 g/mol. The van der Waals surface area contributed by atoms with Gasteiger partial charge in [0.1, 0.15) is 0 Å². The summed E-state index contributed by atoms with van der Waals surface area (Å²) in [4.78, 5) is 4.59. The van der Waals surface area contributed by atoms with E-state index in [9.17, 15) is 0 Å². The SMILES string of the molecule is CN(Cc1nnc(C2CC2)o1)C1CN(c2cc3c(nn2)CCC3)C1. The highest BCUT2D eigenvalue weighted by Crippen LogP contribution is 2.39. The van der Waals surface area contributed by atoms with E-state index in [1.54, 1.807) is 0 Å². The Balaban J connectivity index is 1.18. The summed E-state index contributed by atoms with van der Waals surface area (Å²) in [7, 11) is 2.12. The van der Waals surface area contributed by atoms with E-state index in [4.69, 9.17) is 4.42 Å². The molecule has 1 saturated heterocycles. The van der Waals surface area contributed by atoms with Gasteiger partial charge in [-0.15, -0.1) is 15.3 Å². The van der Waals surface area contributed by atoms with Gasteiger partial charge in [-0.05, 0) is 50.8 Å². The molecule has 0 spiro atoms. The molecule has 0 unspecified atom stereocenters. The molecule has 2 aromatic heterocycles. The zero-order chi connectivity index (χ0) is 16.1. The Morgan fingerprint density at radius 1 is 1.17 bits per heavy atom. The molecule has 5 rings (SSSR count). The van der Waals surface area contributed by atoms with E-state index >= 15 is 0 Å². The Hall–Kier alpha value is -2.02. The number of nitrogens with zero attached hydrogens (tertiary/aromatic N) is 6. The Bertz CT molecular complexity index is 749.